The zero-order valence-corrected chi connectivity index (χ0v) is 18.3. The maximum absolute atomic E-state index is 13.1. The van der Waals surface area contributed by atoms with Gasteiger partial charge in [0.25, 0.3) is 5.91 Å². The third kappa shape index (κ3) is 3.41. The predicted molar refractivity (Wildman–Crippen MR) is 127 cm³/mol. The number of thiophene rings is 1. The van der Waals surface area contributed by atoms with Crippen LogP contribution in [0.25, 0.3) is 31.7 Å². The molecule has 0 aliphatic carbocycles. The largest absolute Gasteiger partial charge is 0.486 e. The average molecular weight is 461 g/mol. The molecule has 0 unspecified atom stereocenters. The zero-order chi connectivity index (χ0) is 21.5. The molecule has 2 N–H and O–H groups in total. The Bertz CT molecular complexity index is 1420. The summed E-state index contributed by atoms with van der Waals surface area (Å²) in [4.78, 5) is 23.4. The Kier molecular flexibility index (Phi) is 4.62. The molecule has 0 saturated heterocycles. The number of benzene rings is 2. The third-order valence-electron chi connectivity index (χ3n) is 5.07. The number of hydrogen-bond acceptors (Lipinski definition) is 8. The molecule has 0 bridgehead atoms. The fourth-order valence-corrected chi connectivity index (χ4v) is 5.13. The van der Waals surface area contributed by atoms with E-state index in [1.165, 1.54) is 11.3 Å². The molecule has 158 valence electrons. The molecule has 5 aromatic rings. The van der Waals surface area contributed by atoms with Gasteiger partial charge in [-0.3, -0.25) is 15.6 Å². The Labute approximate surface area is 190 Å². The molecule has 4 heterocycles. The van der Waals surface area contributed by atoms with Crippen LogP contribution in [-0.2, 0) is 0 Å². The second kappa shape index (κ2) is 7.77. The smallest absolute Gasteiger partial charge is 0.270 e. The van der Waals surface area contributed by atoms with Gasteiger partial charge in [-0.15, -0.1) is 11.3 Å². The van der Waals surface area contributed by atoms with Gasteiger partial charge in [-0.05, 0) is 23.6 Å². The van der Waals surface area contributed by atoms with Gasteiger partial charge in [-0.25, -0.2) is 9.97 Å². The normalized spacial score (nSPS) is 12.8. The standard InChI is InChI=1S/C23H16N4O3S2/c28-22(14-10-16(20-6-3-9-31-20)24-15-5-2-1-4-13(14)15)26-27-23-25-17-11-18-19(12-21(17)32-23)30-8-7-29-18/h1-6,9-12H,7-8H2,(H,25,27)(H,26,28). The van der Waals surface area contributed by atoms with E-state index in [1.807, 2.05) is 60.0 Å². The number of hydrogen-bond donors (Lipinski definition) is 2. The van der Waals surface area contributed by atoms with Crippen LogP contribution in [0, 0.1) is 0 Å². The summed E-state index contributed by atoms with van der Waals surface area (Å²) in [6.07, 6.45) is 0. The molecule has 0 fully saturated rings. The summed E-state index contributed by atoms with van der Waals surface area (Å²) >= 11 is 3.02. The highest BCUT2D eigenvalue weighted by molar-refractivity contribution is 7.22. The van der Waals surface area contributed by atoms with Crippen molar-refractivity contribution in [2.75, 3.05) is 18.6 Å². The number of fused-ring (bicyclic) bond motifs is 3. The second-order valence-electron chi connectivity index (χ2n) is 7.11. The highest BCUT2D eigenvalue weighted by Gasteiger charge is 2.17. The van der Waals surface area contributed by atoms with Gasteiger partial charge in [0.2, 0.25) is 5.13 Å². The van der Waals surface area contributed by atoms with Crippen LogP contribution in [0.2, 0.25) is 0 Å². The first kappa shape index (κ1) is 19.0. The Hall–Kier alpha value is -3.69. The lowest BCUT2D eigenvalue weighted by atomic mass is 10.1. The van der Waals surface area contributed by atoms with Crippen molar-refractivity contribution in [3.63, 3.8) is 0 Å². The Morgan fingerprint density at radius 2 is 1.78 bits per heavy atom. The number of nitrogens with one attached hydrogen (secondary N) is 2. The molecule has 1 amide bonds. The topological polar surface area (TPSA) is 85.4 Å². The first-order valence-electron chi connectivity index (χ1n) is 9.95. The number of amides is 1. The van der Waals surface area contributed by atoms with E-state index in [4.69, 9.17) is 14.5 Å². The number of para-hydroxylation sites is 1. The summed E-state index contributed by atoms with van der Waals surface area (Å²) in [5.74, 6) is 1.15. The van der Waals surface area contributed by atoms with Gasteiger partial charge in [-0.2, -0.15) is 0 Å². The molecule has 0 spiro atoms. The summed E-state index contributed by atoms with van der Waals surface area (Å²) in [5, 5.41) is 3.36. The van der Waals surface area contributed by atoms with Crippen molar-refractivity contribution in [1.82, 2.24) is 15.4 Å². The van der Waals surface area contributed by atoms with Gasteiger partial charge in [0, 0.05) is 17.5 Å². The van der Waals surface area contributed by atoms with Gasteiger partial charge < -0.3 is 9.47 Å². The van der Waals surface area contributed by atoms with Crippen molar-refractivity contribution < 1.29 is 14.3 Å². The molecule has 0 radical (unpaired) electrons. The maximum atomic E-state index is 13.1. The van der Waals surface area contributed by atoms with E-state index in [0.717, 1.165) is 31.7 Å². The maximum Gasteiger partial charge on any atom is 0.270 e. The van der Waals surface area contributed by atoms with E-state index in [-0.39, 0.29) is 5.91 Å². The average Bonchev–Trinajstić information content (AvgIpc) is 3.50. The van der Waals surface area contributed by atoms with Crippen molar-refractivity contribution in [2.24, 2.45) is 0 Å². The van der Waals surface area contributed by atoms with Crippen molar-refractivity contribution in [3.05, 3.63) is 65.5 Å². The molecule has 1 aliphatic rings. The number of ether oxygens (including phenoxy) is 2. The van der Waals surface area contributed by atoms with Crippen LogP contribution in [-0.4, -0.2) is 29.1 Å². The molecule has 7 nitrogen and oxygen atoms in total. The Morgan fingerprint density at radius 1 is 0.938 bits per heavy atom. The molecular formula is C23H16N4O3S2. The van der Waals surface area contributed by atoms with Gasteiger partial charge >= 0.3 is 0 Å². The number of rotatable bonds is 4. The minimum Gasteiger partial charge on any atom is -0.486 e. The van der Waals surface area contributed by atoms with E-state index in [2.05, 4.69) is 15.8 Å². The van der Waals surface area contributed by atoms with E-state index < -0.39 is 0 Å². The fourth-order valence-electron chi connectivity index (χ4n) is 3.61. The molecule has 1 aliphatic heterocycles. The van der Waals surface area contributed by atoms with Crippen molar-refractivity contribution >= 4 is 54.8 Å². The number of pyridine rings is 1. The van der Waals surface area contributed by atoms with Crippen LogP contribution >= 0.6 is 22.7 Å². The van der Waals surface area contributed by atoms with E-state index in [0.29, 0.717) is 35.4 Å². The van der Waals surface area contributed by atoms with Gasteiger partial charge in [0.15, 0.2) is 11.5 Å². The van der Waals surface area contributed by atoms with Gasteiger partial charge in [0.05, 0.1) is 31.9 Å². The lowest BCUT2D eigenvalue weighted by molar-refractivity contribution is 0.0964. The highest BCUT2D eigenvalue weighted by atomic mass is 32.1. The van der Waals surface area contributed by atoms with Crippen LogP contribution < -0.4 is 20.3 Å². The predicted octanol–water partition coefficient (Wildman–Crippen LogP) is 5.10. The number of nitrogens with zero attached hydrogens (tertiary/aromatic N) is 2. The third-order valence-corrected chi connectivity index (χ3v) is 6.90. The zero-order valence-electron chi connectivity index (χ0n) is 16.6. The molecule has 3 aromatic heterocycles. The van der Waals surface area contributed by atoms with Crippen molar-refractivity contribution in [2.45, 2.75) is 0 Å². The minimum absolute atomic E-state index is 0.258. The summed E-state index contributed by atoms with van der Waals surface area (Å²) in [6.45, 7) is 1.06. The van der Waals surface area contributed by atoms with E-state index in [1.54, 1.807) is 11.3 Å². The molecule has 32 heavy (non-hydrogen) atoms. The van der Waals surface area contributed by atoms with Crippen molar-refractivity contribution in [3.8, 4) is 22.1 Å². The Balaban J connectivity index is 1.29. The van der Waals surface area contributed by atoms with Gasteiger partial charge in [-0.1, -0.05) is 35.6 Å². The second-order valence-corrected chi connectivity index (χ2v) is 9.09. The van der Waals surface area contributed by atoms with Crippen LogP contribution in [0.5, 0.6) is 11.5 Å². The lowest BCUT2D eigenvalue weighted by Crippen LogP contribution is -2.29. The molecule has 0 atom stereocenters. The molecule has 6 rings (SSSR count). The summed E-state index contributed by atoms with van der Waals surface area (Å²) in [5.41, 5.74) is 8.61. The van der Waals surface area contributed by atoms with E-state index in [9.17, 15) is 4.79 Å². The van der Waals surface area contributed by atoms with Gasteiger partial charge in [0.1, 0.15) is 13.2 Å². The summed E-state index contributed by atoms with van der Waals surface area (Å²) < 4.78 is 12.2. The number of hydrazine groups is 1. The fraction of sp³-hybridized carbons (Fsp3) is 0.0870. The molecule has 9 heteroatoms. The highest BCUT2D eigenvalue weighted by Crippen LogP contribution is 2.37. The molecular weight excluding hydrogens is 444 g/mol. The first-order valence-corrected chi connectivity index (χ1v) is 11.6. The van der Waals surface area contributed by atoms with Crippen molar-refractivity contribution in [1.29, 1.82) is 0 Å². The van der Waals surface area contributed by atoms with Crippen LogP contribution in [0.15, 0.2) is 60.0 Å². The summed E-state index contributed by atoms with van der Waals surface area (Å²) in [6, 6.07) is 17.2. The first-order chi connectivity index (χ1) is 15.7. The summed E-state index contributed by atoms with van der Waals surface area (Å²) in [7, 11) is 0. The van der Waals surface area contributed by atoms with Crippen LogP contribution in [0.4, 0.5) is 5.13 Å². The SMILES string of the molecule is O=C(NNc1nc2cc3c(cc2s1)OCCO3)c1cc(-c2cccs2)nc2ccccc12. The minimum atomic E-state index is -0.258. The quantitative estimate of drug-likeness (QED) is 0.363. The van der Waals surface area contributed by atoms with Crippen LogP contribution in [0.1, 0.15) is 10.4 Å². The molecule has 2 aromatic carbocycles. The number of anilines is 1. The molecule has 0 saturated carbocycles. The van der Waals surface area contributed by atoms with Crippen LogP contribution in [0.3, 0.4) is 0 Å². The monoisotopic (exact) mass is 460 g/mol. The number of aromatic nitrogens is 2. The number of carbonyl (C=O) groups is 1. The number of thiazole rings is 1. The lowest BCUT2D eigenvalue weighted by Gasteiger charge is -2.17. The van der Waals surface area contributed by atoms with E-state index >= 15 is 0 Å². The number of carbonyl (C=O) groups excluding carboxylic acids is 1. The Morgan fingerprint density at radius 3 is 2.62 bits per heavy atom.